The average Bonchev–Trinajstić information content (AvgIpc) is 2.58. The third-order valence-corrected chi connectivity index (χ3v) is 2.57. The topological polar surface area (TPSA) is 48.4 Å². The molecule has 1 aliphatic rings. The van der Waals surface area contributed by atoms with Crippen LogP contribution in [0, 0.1) is 0 Å². The van der Waals surface area contributed by atoms with Crippen molar-refractivity contribution < 1.29 is 9.15 Å². The molecule has 2 N–H and O–H groups in total. The lowest BCUT2D eigenvalue weighted by molar-refractivity contribution is 0.121. The van der Waals surface area contributed by atoms with Crippen LogP contribution < -0.4 is 5.73 Å². The van der Waals surface area contributed by atoms with Gasteiger partial charge in [-0.1, -0.05) is 20.8 Å². The lowest BCUT2D eigenvalue weighted by Gasteiger charge is -2.17. The van der Waals surface area contributed by atoms with Gasteiger partial charge >= 0.3 is 0 Å². The van der Waals surface area contributed by atoms with Gasteiger partial charge in [-0.3, -0.25) is 0 Å². The molecule has 0 saturated heterocycles. The van der Waals surface area contributed by atoms with Gasteiger partial charge in [0.2, 0.25) is 0 Å². The van der Waals surface area contributed by atoms with E-state index in [4.69, 9.17) is 14.9 Å². The Morgan fingerprint density at radius 2 is 2.00 bits per heavy atom. The Kier molecular flexibility index (Phi) is 2.16. The molecular weight excluding hydrogens is 178 g/mol. The summed E-state index contributed by atoms with van der Waals surface area (Å²) >= 11 is 0. The molecule has 1 aromatic heterocycles. The first kappa shape index (κ1) is 9.74. The molecule has 0 radical (unpaired) electrons. The van der Waals surface area contributed by atoms with Gasteiger partial charge in [0.05, 0.1) is 6.61 Å². The maximum atomic E-state index is 5.81. The molecule has 3 nitrogen and oxygen atoms in total. The van der Waals surface area contributed by atoms with E-state index in [1.807, 2.05) is 0 Å². The third kappa shape index (κ3) is 1.37. The molecule has 0 saturated carbocycles. The van der Waals surface area contributed by atoms with Crippen LogP contribution in [-0.2, 0) is 29.9 Å². The minimum absolute atomic E-state index is 0.0268. The summed E-state index contributed by atoms with van der Waals surface area (Å²) in [4.78, 5) is 0. The van der Waals surface area contributed by atoms with E-state index in [-0.39, 0.29) is 5.41 Å². The van der Waals surface area contributed by atoms with Crippen molar-refractivity contribution in [1.82, 2.24) is 0 Å². The van der Waals surface area contributed by atoms with E-state index in [0.29, 0.717) is 19.8 Å². The molecule has 0 amide bonds. The standard InChI is InChI=1S/C11H17NO2/c1-11(2,3)10-7(4-12)8-5-13-6-9(8)14-10/h4-6,12H2,1-3H3. The van der Waals surface area contributed by atoms with Crippen molar-refractivity contribution in [2.75, 3.05) is 0 Å². The number of nitrogens with two attached hydrogens (primary N) is 1. The lowest BCUT2D eigenvalue weighted by atomic mass is 9.89. The number of fused-ring (bicyclic) bond motifs is 1. The number of hydrogen-bond acceptors (Lipinski definition) is 3. The highest BCUT2D eigenvalue weighted by molar-refractivity contribution is 5.37. The number of ether oxygens (including phenoxy) is 1. The molecule has 1 aliphatic heterocycles. The third-order valence-electron chi connectivity index (χ3n) is 2.57. The monoisotopic (exact) mass is 195 g/mol. The molecule has 0 fully saturated rings. The van der Waals surface area contributed by atoms with Gasteiger partial charge in [0.25, 0.3) is 0 Å². The Morgan fingerprint density at radius 1 is 1.29 bits per heavy atom. The summed E-state index contributed by atoms with van der Waals surface area (Å²) in [5, 5.41) is 0. The first-order chi connectivity index (χ1) is 6.54. The predicted octanol–water partition coefficient (Wildman–Crippen LogP) is 2.07. The first-order valence-corrected chi connectivity index (χ1v) is 4.95. The molecule has 0 unspecified atom stereocenters. The molecule has 1 aromatic rings. The maximum absolute atomic E-state index is 5.81. The van der Waals surface area contributed by atoms with Crippen molar-refractivity contribution in [2.24, 2.45) is 5.73 Å². The van der Waals surface area contributed by atoms with Crippen LogP contribution in [0.3, 0.4) is 0 Å². The molecule has 0 aromatic carbocycles. The lowest BCUT2D eigenvalue weighted by Crippen LogP contribution is -2.15. The summed E-state index contributed by atoms with van der Waals surface area (Å²) < 4.78 is 11.1. The SMILES string of the molecule is CC(C)(C)c1oc2c(c1CN)COC2. The van der Waals surface area contributed by atoms with E-state index in [0.717, 1.165) is 17.1 Å². The number of rotatable bonds is 1. The van der Waals surface area contributed by atoms with Gasteiger partial charge in [-0.15, -0.1) is 0 Å². The molecule has 14 heavy (non-hydrogen) atoms. The highest BCUT2D eigenvalue weighted by Gasteiger charge is 2.29. The fourth-order valence-corrected chi connectivity index (χ4v) is 1.90. The fraction of sp³-hybridized carbons (Fsp3) is 0.636. The second kappa shape index (κ2) is 3.11. The highest BCUT2D eigenvalue weighted by atomic mass is 16.5. The van der Waals surface area contributed by atoms with Gasteiger partial charge in [-0.2, -0.15) is 0 Å². The summed E-state index contributed by atoms with van der Waals surface area (Å²) in [5.41, 5.74) is 8.10. The van der Waals surface area contributed by atoms with E-state index in [2.05, 4.69) is 20.8 Å². The van der Waals surface area contributed by atoms with Crippen LogP contribution >= 0.6 is 0 Å². The van der Waals surface area contributed by atoms with Crippen LogP contribution in [0.2, 0.25) is 0 Å². The Hall–Kier alpha value is -0.800. The van der Waals surface area contributed by atoms with Gasteiger partial charge in [0.1, 0.15) is 18.1 Å². The van der Waals surface area contributed by atoms with Crippen LogP contribution in [-0.4, -0.2) is 0 Å². The fourth-order valence-electron chi connectivity index (χ4n) is 1.90. The van der Waals surface area contributed by atoms with Gasteiger partial charge in [0.15, 0.2) is 0 Å². The Bertz CT molecular complexity index is 347. The summed E-state index contributed by atoms with van der Waals surface area (Å²) in [7, 11) is 0. The molecule has 78 valence electrons. The summed E-state index contributed by atoms with van der Waals surface area (Å²) in [6.07, 6.45) is 0. The van der Waals surface area contributed by atoms with Crippen LogP contribution in [0.25, 0.3) is 0 Å². The van der Waals surface area contributed by atoms with Gasteiger partial charge < -0.3 is 14.9 Å². The predicted molar refractivity (Wildman–Crippen MR) is 53.8 cm³/mol. The molecular formula is C11H17NO2. The van der Waals surface area contributed by atoms with Crippen LogP contribution in [0.15, 0.2) is 4.42 Å². The van der Waals surface area contributed by atoms with Crippen molar-refractivity contribution in [3.8, 4) is 0 Å². The average molecular weight is 195 g/mol. The van der Waals surface area contributed by atoms with Crippen molar-refractivity contribution in [3.05, 3.63) is 22.6 Å². The zero-order valence-electron chi connectivity index (χ0n) is 9.02. The normalized spacial score (nSPS) is 16.0. The minimum Gasteiger partial charge on any atom is -0.462 e. The van der Waals surface area contributed by atoms with E-state index < -0.39 is 0 Å². The van der Waals surface area contributed by atoms with E-state index in [1.165, 1.54) is 5.56 Å². The van der Waals surface area contributed by atoms with Crippen molar-refractivity contribution >= 4 is 0 Å². The first-order valence-electron chi connectivity index (χ1n) is 4.95. The van der Waals surface area contributed by atoms with E-state index in [9.17, 15) is 0 Å². The van der Waals surface area contributed by atoms with Crippen molar-refractivity contribution in [1.29, 1.82) is 0 Å². The number of hydrogen-bond donors (Lipinski definition) is 1. The Balaban J connectivity index is 2.52. The summed E-state index contributed by atoms with van der Waals surface area (Å²) in [6.45, 7) is 8.21. The zero-order valence-corrected chi connectivity index (χ0v) is 9.02. The van der Waals surface area contributed by atoms with Crippen molar-refractivity contribution in [2.45, 2.75) is 45.9 Å². The van der Waals surface area contributed by atoms with Gasteiger partial charge in [-0.25, -0.2) is 0 Å². The molecule has 3 heteroatoms. The summed E-state index contributed by atoms with van der Waals surface area (Å²) in [5.74, 6) is 1.99. The second-order valence-electron chi connectivity index (χ2n) is 4.76. The quantitative estimate of drug-likeness (QED) is 0.746. The molecule has 0 bridgehead atoms. The second-order valence-corrected chi connectivity index (χ2v) is 4.76. The van der Waals surface area contributed by atoms with Crippen molar-refractivity contribution in [3.63, 3.8) is 0 Å². The largest absolute Gasteiger partial charge is 0.462 e. The molecule has 2 rings (SSSR count). The van der Waals surface area contributed by atoms with Crippen LogP contribution in [0.4, 0.5) is 0 Å². The molecule has 0 aliphatic carbocycles. The molecule has 2 heterocycles. The number of furan rings is 1. The van der Waals surface area contributed by atoms with Crippen LogP contribution in [0.1, 0.15) is 43.4 Å². The van der Waals surface area contributed by atoms with Gasteiger partial charge in [-0.05, 0) is 0 Å². The minimum atomic E-state index is 0.0268. The molecule has 0 atom stereocenters. The maximum Gasteiger partial charge on any atom is 0.135 e. The molecule has 0 spiro atoms. The van der Waals surface area contributed by atoms with E-state index >= 15 is 0 Å². The highest BCUT2D eigenvalue weighted by Crippen LogP contribution is 2.35. The van der Waals surface area contributed by atoms with Gasteiger partial charge in [0, 0.05) is 23.1 Å². The Labute approximate surface area is 84.2 Å². The summed E-state index contributed by atoms with van der Waals surface area (Å²) in [6, 6.07) is 0. The smallest absolute Gasteiger partial charge is 0.135 e. The van der Waals surface area contributed by atoms with E-state index in [1.54, 1.807) is 0 Å². The zero-order chi connectivity index (χ0) is 10.3. The van der Waals surface area contributed by atoms with Crippen LogP contribution in [0.5, 0.6) is 0 Å². The Morgan fingerprint density at radius 3 is 2.57 bits per heavy atom.